The number of aliphatic hydroxyl groups excluding tert-OH is 1. The van der Waals surface area contributed by atoms with Gasteiger partial charge in [-0.25, -0.2) is 9.78 Å². The minimum Gasteiger partial charge on any atom is -0.507 e. The molecule has 2 aromatic carbocycles. The number of hydrogen-bond donors (Lipinski definition) is 2. The van der Waals surface area contributed by atoms with Gasteiger partial charge in [-0.05, 0) is 35.7 Å². The Bertz CT molecular complexity index is 1010. The summed E-state index contributed by atoms with van der Waals surface area (Å²) in [5.41, 5.74) is 2.86. The number of nitrogens with zero attached hydrogens (tertiary/aromatic N) is 2. The topological polar surface area (TPSA) is 99.0 Å². The van der Waals surface area contributed by atoms with Gasteiger partial charge in [-0.3, -0.25) is 0 Å². The smallest absolute Gasteiger partial charge is 0.338 e. The number of hydrogen-bond acceptors (Lipinski definition) is 5. The van der Waals surface area contributed by atoms with E-state index in [1.165, 1.54) is 0 Å². The third-order valence-electron chi connectivity index (χ3n) is 4.18. The number of aliphatic hydroxyl groups is 1. The molecule has 0 atom stereocenters. The van der Waals surface area contributed by atoms with Crippen molar-refractivity contribution in [2.24, 2.45) is 0 Å². The van der Waals surface area contributed by atoms with Gasteiger partial charge in [0.15, 0.2) is 11.6 Å². The summed E-state index contributed by atoms with van der Waals surface area (Å²) < 4.78 is 5.13. The van der Waals surface area contributed by atoms with E-state index < -0.39 is 12.6 Å². The third kappa shape index (κ3) is 3.98. The number of carbonyl (C=O) groups is 1. The second kappa shape index (κ2) is 7.75. The molecule has 3 aromatic rings. The van der Waals surface area contributed by atoms with Gasteiger partial charge >= 0.3 is 5.97 Å². The fraction of sp³-hybridized carbons (Fsp3) is 0.190. The maximum atomic E-state index is 12.2. The molecule has 0 amide bonds. The molecule has 3 rings (SSSR count). The molecule has 1 aromatic heterocycles. The van der Waals surface area contributed by atoms with Crippen molar-refractivity contribution in [3.05, 3.63) is 71.2 Å². The molecular formula is C21H19N3O3. The number of ether oxygens (including phenoxy) is 1. The minimum absolute atomic E-state index is 0.0610. The van der Waals surface area contributed by atoms with Crippen molar-refractivity contribution in [2.45, 2.75) is 19.8 Å². The zero-order chi connectivity index (χ0) is 19.4. The van der Waals surface area contributed by atoms with Crippen molar-refractivity contribution in [1.29, 1.82) is 5.26 Å². The van der Waals surface area contributed by atoms with E-state index in [0.717, 1.165) is 11.1 Å². The van der Waals surface area contributed by atoms with Gasteiger partial charge in [0, 0.05) is 0 Å². The number of rotatable bonds is 5. The van der Waals surface area contributed by atoms with Crippen LogP contribution >= 0.6 is 0 Å². The van der Waals surface area contributed by atoms with Crippen LogP contribution in [0.3, 0.4) is 0 Å². The molecule has 1 heterocycles. The fourth-order valence-corrected chi connectivity index (χ4v) is 2.62. The van der Waals surface area contributed by atoms with Crippen molar-refractivity contribution in [1.82, 2.24) is 9.97 Å². The van der Waals surface area contributed by atoms with Crippen LogP contribution in [0, 0.1) is 11.3 Å². The fourth-order valence-electron chi connectivity index (χ4n) is 2.62. The summed E-state index contributed by atoms with van der Waals surface area (Å²) in [6.45, 7) is 3.72. The van der Waals surface area contributed by atoms with Gasteiger partial charge in [0.25, 0.3) is 0 Å². The lowest BCUT2D eigenvalue weighted by Crippen LogP contribution is -2.09. The number of H-pyrrole nitrogens is 1. The van der Waals surface area contributed by atoms with Crippen LogP contribution in [-0.4, -0.2) is 27.7 Å². The van der Waals surface area contributed by atoms with Gasteiger partial charge in [0.05, 0.1) is 16.6 Å². The van der Waals surface area contributed by atoms with Crippen LogP contribution in [0.1, 0.15) is 41.5 Å². The lowest BCUT2D eigenvalue weighted by atomic mass is 10.0. The first-order chi connectivity index (χ1) is 13.0. The number of fused-ring (bicyclic) bond motifs is 1. The predicted molar refractivity (Wildman–Crippen MR) is 102 cm³/mol. The molecule has 0 saturated heterocycles. The first kappa shape index (κ1) is 18.2. The molecule has 0 aliphatic heterocycles. The largest absolute Gasteiger partial charge is 0.507 e. The SMILES string of the molecule is CC(C)c1ccc(C(=O)OC/C(O)=C(\C#N)c2nc3ccccc3[nH]2)cc1. The number of aromatic nitrogens is 2. The molecule has 2 N–H and O–H groups in total. The molecule has 0 fully saturated rings. The Balaban J connectivity index is 1.74. The Morgan fingerprint density at radius 2 is 1.93 bits per heavy atom. The van der Waals surface area contributed by atoms with Crippen LogP contribution < -0.4 is 0 Å². The average molecular weight is 361 g/mol. The highest BCUT2D eigenvalue weighted by atomic mass is 16.5. The number of esters is 1. The summed E-state index contributed by atoms with van der Waals surface area (Å²) in [5.74, 6) is -0.333. The third-order valence-corrected chi connectivity index (χ3v) is 4.18. The average Bonchev–Trinajstić information content (AvgIpc) is 3.10. The van der Waals surface area contributed by atoms with E-state index in [-0.39, 0.29) is 17.2 Å². The monoisotopic (exact) mass is 361 g/mol. The number of nitriles is 1. The van der Waals surface area contributed by atoms with E-state index in [2.05, 4.69) is 23.8 Å². The van der Waals surface area contributed by atoms with Crippen molar-refractivity contribution in [3.8, 4) is 6.07 Å². The Morgan fingerprint density at radius 1 is 1.22 bits per heavy atom. The molecule has 0 aliphatic carbocycles. The van der Waals surface area contributed by atoms with Gasteiger partial charge in [-0.15, -0.1) is 0 Å². The number of imidazole rings is 1. The van der Waals surface area contributed by atoms with Gasteiger partial charge in [0.2, 0.25) is 0 Å². The Morgan fingerprint density at radius 3 is 2.56 bits per heavy atom. The lowest BCUT2D eigenvalue weighted by Gasteiger charge is -2.08. The predicted octanol–water partition coefficient (Wildman–Crippen LogP) is 4.34. The van der Waals surface area contributed by atoms with Crippen molar-refractivity contribution < 1.29 is 14.6 Å². The number of nitrogens with one attached hydrogen (secondary N) is 1. The molecule has 136 valence electrons. The highest BCUT2D eigenvalue weighted by Gasteiger charge is 2.15. The van der Waals surface area contributed by atoms with Gasteiger partial charge in [-0.1, -0.05) is 38.1 Å². The van der Waals surface area contributed by atoms with Crippen LogP contribution in [0.5, 0.6) is 0 Å². The van der Waals surface area contributed by atoms with Crippen LogP contribution in [-0.2, 0) is 4.74 Å². The summed E-state index contributed by atoms with van der Waals surface area (Å²) in [6.07, 6.45) is 0. The molecule has 0 aliphatic rings. The Labute approximate surface area is 156 Å². The molecule has 0 unspecified atom stereocenters. The maximum absolute atomic E-state index is 12.2. The maximum Gasteiger partial charge on any atom is 0.338 e. The summed E-state index contributed by atoms with van der Waals surface area (Å²) in [5, 5.41) is 19.6. The molecule has 0 radical (unpaired) electrons. The second-order valence-electron chi connectivity index (χ2n) is 6.39. The summed E-state index contributed by atoms with van der Waals surface area (Å²) >= 11 is 0. The van der Waals surface area contributed by atoms with Crippen LogP contribution in [0.15, 0.2) is 54.3 Å². The van der Waals surface area contributed by atoms with Gasteiger partial charge in [0.1, 0.15) is 18.2 Å². The summed E-state index contributed by atoms with van der Waals surface area (Å²) in [6, 6.07) is 16.3. The van der Waals surface area contributed by atoms with Crippen molar-refractivity contribution in [3.63, 3.8) is 0 Å². The van der Waals surface area contributed by atoms with Gasteiger partial charge in [-0.2, -0.15) is 5.26 Å². The van der Waals surface area contributed by atoms with Gasteiger partial charge < -0.3 is 14.8 Å². The van der Waals surface area contributed by atoms with E-state index in [1.807, 2.05) is 36.4 Å². The highest BCUT2D eigenvalue weighted by Crippen LogP contribution is 2.19. The summed E-state index contributed by atoms with van der Waals surface area (Å²) in [7, 11) is 0. The van der Waals surface area contributed by atoms with Crippen molar-refractivity contribution >= 4 is 22.6 Å². The minimum atomic E-state index is -0.571. The van der Waals surface area contributed by atoms with E-state index >= 15 is 0 Å². The number of aromatic amines is 1. The first-order valence-corrected chi connectivity index (χ1v) is 8.54. The van der Waals surface area contributed by atoms with Crippen LogP contribution in [0.2, 0.25) is 0 Å². The molecule has 0 bridgehead atoms. The van der Waals surface area contributed by atoms with E-state index in [1.54, 1.807) is 18.2 Å². The molecule has 6 heteroatoms. The van der Waals surface area contributed by atoms with E-state index in [9.17, 15) is 15.2 Å². The normalized spacial score (nSPS) is 11.9. The Hall–Kier alpha value is -3.59. The molecule has 0 spiro atoms. The number of allylic oxidation sites excluding steroid dienone is 1. The van der Waals surface area contributed by atoms with E-state index in [4.69, 9.17) is 4.74 Å². The van der Waals surface area contributed by atoms with E-state index in [0.29, 0.717) is 17.0 Å². The van der Waals surface area contributed by atoms with Crippen LogP contribution in [0.25, 0.3) is 16.6 Å². The zero-order valence-electron chi connectivity index (χ0n) is 15.1. The zero-order valence-corrected chi connectivity index (χ0v) is 15.1. The van der Waals surface area contributed by atoms with Crippen molar-refractivity contribution in [2.75, 3.05) is 6.61 Å². The number of para-hydroxylation sites is 2. The molecule has 6 nitrogen and oxygen atoms in total. The summed E-state index contributed by atoms with van der Waals surface area (Å²) in [4.78, 5) is 19.4. The molecular weight excluding hydrogens is 342 g/mol. The quantitative estimate of drug-likeness (QED) is 0.400. The Kier molecular flexibility index (Phi) is 5.23. The molecule has 27 heavy (non-hydrogen) atoms. The number of carbonyl (C=O) groups excluding carboxylic acids is 1. The first-order valence-electron chi connectivity index (χ1n) is 8.54. The van der Waals surface area contributed by atoms with Crippen LogP contribution in [0.4, 0.5) is 0 Å². The number of benzene rings is 2. The molecule has 0 saturated carbocycles. The lowest BCUT2D eigenvalue weighted by molar-refractivity contribution is 0.0502. The highest BCUT2D eigenvalue weighted by molar-refractivity contribution is 5.89. The standard InChI is InChI=1S/C21H19N3O3/c1-13(2)14-7-9-15(10-8-14)21(26)27-12-19(25)16(11-22)20-23-17-5-3-4-6-18(17)24-20/h3-10,13,25H,12H2,1-2H3,(H,23,24)/b19-16-. The second-order valence-corrected chi connectivity index (χ2v) is 6.39.